The van der Waals surface area contributed by atoms with E-state index >= 15 is 0 Å². The first-order chi connectivity index (χ1) is 15.2. The molecular weight excluding hydrogens is 481 g/mol. The van der Waals surface area contributed by atoms with E-state index < -0.39 is 36.7 Å². The van der Waals surface area contributed by atoms with Gasteiger partial charge in [-0.2, -0.15) is 8.61 Å². The topological polar surface area (TPSA) is 104 Å². The second-order valence-electron chi connectivity index (χ2n) is 7.26. The summed E-state index contributed by atoms with van der Waals surface area (Å²) in [4.78, 5) is 14.2. The van der Waals surface area contributed by atoms with E-state index in [0.29, 0.717) is 13.2 Å². The molecule has 3 heterocycles. The summed E-state index contributed by atoms with van der Waals surface area (Å²) in [6.45, 7) is 1.15. The van der Waals surface area contributed by atoms with Crippen molar-refractivity contribution < 1.29 is 30.8 Å². The van der Waals surface area contributed by atoms with Crippen molar-refractivity contribution in [1.29, 1.82) is 0 Å². The smallest absolute Gasteiger partial charge is 0.265 e. The van der Waals surface area contributed by atoms with Gasteiger partial charge in [0.15, 0.2) is 0 Å². The van der Waals surface area contributed by atoms with Crippen LogP contribution in [0.3, 0.4) is 0 Å². The third-order valence-electron chi connectivity index (χ3n) is 5.39. The van der Waals surface area contributed by atoms with Crippen LogP contribution in [0.15, 0.2) is 45.5 Å². The van der Waals surface area contributed by atoms with E-state index in [-0.39, 0.29) is 49.0 Å². The van der Waals surface area contributed by atoms with Gasteiger partial charge in [0.25, 0.3) is 5.91 Å². The van der Waals surface area contributed by atoms with Crippen LogP contribution in [-0.2, 0) is 24.8 Å². The number of amides is 1. The Labute approximate surface area is 190 Å². The molecular formula is C19H22FN3O6S3. The van der Waals surface area contributed by atoms with Crippen LogP contribution in [0.25, 0.3) is 0 Å². The minimum atomic E-state index is -4.03. The van der Waals surface area contributed by atoms with Crippen LogP contribution >= 0.6 is 11.3 Å². The minimum absolute atomic E-state index is 0.0146. The highest BCUT2D eigenvalue weighted by molar-refractivity contribution is 7.89. The van der Waals surface area contributed by atoms with Gasteiger partial charge in [-0.3, -0.25) is 4.79 Å². The average molecular weight is 504 g/mol. The molecule has 2 saturated heterocycles. The molecule has 0 unspecified atom stereocenters. The zero-order chi connectivity index (χ0) is 22.9. The van der Waals surface area contributed by atoms with Gasteiger partial charge in [-0.15, -0.1) is 11.3 Å². The maximum Gasteiger partial charge on any atom is 0.265 e. The van der Waals surface area contributed by atoms with Crippen molar-refractivity contribution in [2.24, 2.45) is 0 Å². The number of hydrogen-bond acceptors (Lipinski definition) is 7. The summed E-state index contributed by atoms with van der Waals surface area (Å²) in [6.07, 6.45) is 0. The second-order valence-corrected chi connectivity index (χ2v) is 12.0. The molecule has 32 heavy (non-hydrogen) atoms. The molecule has 1 aromatic heterocycles. The Balaban J connectivity index is 1.48. The maximum atomic E-state index is 14.0. The van der Waals surface area contributed by atoms with Gasteiger partial charge in [0.2, 0.25) is 20.0 Å². The third kappa shape index (κ3) is 4.32. The van der Waals surface area contributed by atoms with Crippen LogP contribution in [0.1, 0.15) is 9.67 Å². The first kappa shape index (κ1) is 23.3. The van der Waals surface area contributed by atoms with E-state index in [9.17, 15) is 26.0 Å². The standard InChI is InChI=1S/C19H22FN3O6S3/c20-15-3-1-2-4-16(15)31(25,26)22-8-6-21(7-9-22)19(24)18-17(5-14-30-18)32(27,28)23-10-12-29-13-11-23/h1-5,14H,6-13H2. The number of benzene rings is 1. The fourth-order valence-corrected chi connectivity index (χ4v) is 7.91. The molecule has 0 atom stereocenters. The highest BCUT2D eigenvalue weighted by atomic mass is 32.2. The summed E-state index contributed by atoms with van der Waals surface area (Å²) in [5, 5.41) is 1.56. The Morgan fingerprint density at radius 3 is 2.09 bits per heavy atom. The van der Waals surface area contributed by atoms with E-state index in [4.69, 9.17) is 4.74 Å². The van der Waals surface area contributed by atoms with Gasteiger partial charge in [0, 0.05) is 39.3 Å². The van der Waals surface area contributed by atoms with Gasteiger partial charge >= 0.3 is 0 Å². The van der Waals surface area contributed by atoms with Gasteiger partial charge in [0.1, 0.15) is 20.5 Å². The van der Waals surface area contributed by atoms with Gasteiger partial charge in [-0.05, 0) is 23.6 Å². The summed E-state index contributed by atoms with van der Waals surface area (Å²) in [7, 11) is -7.87. The normalized spacial score (nSPS) is 19.2. The maximum absolute atomic E-state index is 14.0. The fourth-order valence-electron chi connectivity index (χ4n) is 3.65. The Morgan fingerprint density at radius 1 is 0.844 bits per heavy atom. The lowest BCUT2D eigenvalue weighted by atomic mass is 10.3. The van der Waals surface area contributed by atoms with Gasteiger partial charge in [-0.25, -0.2) is 21.2 Å². The van der Waals surface area contributed by atoms with Crippen molar-refractivity contribution >= 4 is 37.3 Å². The second kappa shape index (κ2) is 9.15. The Hall–Kier alpha value is -1.90. The number of rotatable bonds is 5. The highest BCUT2D eigenvalue weighted by Gasteiger charge is 2.35. The zero-order valence-electron chi connectivity index (χ0n) is 17.0. The van der Waals surface area contributed by atoms with E-state index in [1.165, 1.54) is 33.5 Å². The molecule has 0 bridgehead atoms. The average Bonchev–Trinajstić information content (AvgIpc) is 3.30. The number of sulfonamides is 2. The minimum Gasteiger partial charge on any atom is -0.379 e. The molecule has 13 heteroatoms. The number of morpholine rings is 1. The number of ether oxygens (including phenoxy) is 1. The Bertz CT molecular complexity index is 1200. The predicted octanol–water partition coefficient (Wildman–Crippen LogP) is 1.05. The van der Waals surface area contributed by atoms with E-state index in [2.05, 4.69) is 0 Å². The highest BCUT2D eigenvalue weighted by Crippen LogP contribution is 2.28. The number of thiophene rings is 1. The van der Waals surface area contributed by atoms with Crippen molar-refractivity contribution in [2.75, 3.05) is 52.5 Å². The lowest BCUT2D eigenvalue weighted by Gasteiger charge is -2.34. The summed E-state index contributed by atoms with van der Waals surface area (Å²) in [6, 6.07) is 6.57. The fraction of sp³-hybridized carbons (Fsp3) is 0.421. The molecule has 2 aliphatic heterocycles. The third-order valence-corrected chi connectivity index (χ3v) is 10.3. The van der Waals surface area contributed by atoms with Crippen LogP contribution in [-0.4, -0.2) is 88.7 Å². The van der Waals surface area contributed by atoms with Crippen molar-refractivity contribution in [3.63, 3.8) is 0 Å². The molecule has 1 aromatic carbocycles. The van der Waals surface area contributed by atoms with E-state index in [0.717, 1.165) is 21.7 Å². The summed E-state index contributed by atoms with van der Waals surface area (Å²) in [5.41, 5.74) is 0. The van der Waals surface area contributed by atoms with Crippen molar-refractivity contribution in [3.8, 4) is 0 Å². The van der Waals surface area contributed by atoms with Crippen LogP contribution in [0.5, 0.6) is 0 Å². The van der Waals surface area contributed by atoms with Gasteiger partial charge < -0.3 is 9.64 Å². The number of nitrogens with zero attached hydrogens (tertiary/aromatic N) is 3. The number of carbonyl (C=O) groups is 1. The van der Waals surface area contributed by atoms with E-state index in [1.54, 1.807) is 5.38 Å². The van der Waals surface area contributed by atoms with Gasteiger partial charge in [-0.1, -0.05) is 12.1 Å². The van der Waals surface area contributed by atoms with Gasteiger partial charge in [0.05, 0.1) is 13.2 Å². The lowest BCUT2D eigenvalue weighted by molar-refractivity contribution is 0.0695. The molecule has 1 amide bonds. The van der Waals surface area contributed by atoms with Crippen molar-refractivity contribution in [2.45, 2.75) is 9.79 Å². The van der Waals surface area contributed by atoms with Crippen molar-refractivity contribution in [3.05, 3.63) is 46.4 Å². The van der Waals surface area contributed by atoms with Crippen molar-refractivity contribution in [1.82, 2.24) is 13.5 Å². The molecule has 9 nitrogen and oxygen atoms in total. The summed E-state index contributed by atoms with van der Waals surface area (Å²) in [5.74, 6) is -1.29. The van der Waals surface area contributed by atoms with Crippen LogP contribution in [0, 0.1) is 5.82 Å². The first-order valence-corrected chi connectivity index (χ1v) is 13.7. The molecule has 2 aromatic rings. The Morgan fingerprint density at radius 2 is 1.44 bits per heavy atom. The largest absolute Gasteiger partial charge is 0.379 e. The summed E-state index contributed by atoms with van der Waals surface area (Å²) >= 11 is 1.04. The number of halogens is 1. The first-order valence-electron chi connectivity index (χ1n) is 9.92. The quantitative estimate of drug-likeness (QED) is 0.604. The molecule has 0 saturated carbocycles. The number of piperazine rings is 1. The molecule has 0 aliphatic carbocycles. The van der Waals surface area contributed by atoms with E-state index in [1.807, 2.05) is 0 Å². The van der Waals surface area contributed by atoms with Crippen LogP contribution < -0.4 is 0 Å². The zero-order valence-corrected chi connectivity index (χ0v) is 19.5. The number of hydrogen-bond donors (Lipinski definition) is 0. The molecule has 174 valence electrons. The number of carbonyl (C=O) groups excluding carboxylic acids is 1. The lowest BCUT2D eigenvalue weighted by Crippen LogP contribution is -2.50. The van der Waals surface area contributed by atoms with Crippen LogP contribution in [0.2, 0.25) is 0 Å². The monoisotopic (exact) mass is 503 g/mol. The van der Waals surface area contributed by atoms with Crippen LogP contribution in [0.4, 0.5) is 4.39 Å². The summed E-state index contributed by atoms with van der Waals surface area (Å²) < 4.78 is 73.2. The predicted molar refractivity (Wildman–Crippen MR) is 115 cm³/mol. The Kier molecular flexibility index (Phi) is 6.66. The SMILES string of the molecule is O=C(c1sccc1S(=O)(=O)N1CCOCC1)N1CCN(S(=O)(=O)c2ccccc2F)CC1. The molecule has 0 N–H and O–H groups in total. The molecule has 0 radical (unpaired) electrons. The molecule has 4 rings (SSSR count). The molecule has 0 spiro atoms. The molecule has 2 fully saturated rings. The molecule has 2 aliphatic rings.